The van der Waals surface area contributed by atoms with Crippen LogP contribution in [0.3, 0.4) is 0 Å². The van der Waals surface area contributed by atoms with Crippen molar-refractivity contribution in [2.45, 2.75) is 18.9 Å². The average molecular weight is 326 g/mol. The fraction of sp³-hybridized carbons (Fsp3) is 0.429. The van der Waals surface area contributed by atoms with Crippen molar-refractivity contribution in [3.8, 4) is 0 Å². The van der Waals surface area contributed by atoms with Gasteiger partial charge in [-0.25, -0.2) is 8.42 Å². The summed E-state index contributed by atoms with van der Waals surface area (Å²) in [5.74, 6) is -1.49. The Morgan fingerprint density at radius 1 is 1.27 bits per heavy atom. The van der Waals surface area contributed by atoms with Crippen molar-refractivity contribution in [2.75, 3.05) is 18.8 Å². The van der Waals surface area contributed by atoms with Crippen LogP contribution in [0.5, 0.6) is 0 Å². The molecule has 22 heavy (non-hydrogen) atoms. The van der Waals surface area contributed by atoms with E-state index in [1.54, 1.807) is 30.3 Å². The summed E-state index contributed by atoms with van der Waals surface area (Å²) in [6.45, 7) is 0.0516. The molecule has 1 aliphatic rings. The van der Waals surface area contributed by atoms with Gasteiger partial charge < -0.3 is 10.4 Å². The Balaban J connectivity index is 2.04. The van der Waals surface area contributed by atoms with Gasteiger partial charge in [-0.15, -0.1) is 0 Å². The van der Waals surface area contributed by atoms with Crippen LogP contribution in [0.25, 0.3) is 0 Å². The highest BCUT2D eigenvalue weighted by atomic mass is 32.2. The Hall–Kier alpha value is -1.93. The molecule has 2 rings (SSSR count). The van der Waals surface area contributed by atoms with E-state index in [1.807, 2.05) is 0 Å². The maximum absolute atomic E-state index is 12.0. The van der Waals surface area contributed by atoms with E-state index in [1.165, 1.54) is 0 Å². The number of carbonyl (C=O) groups is 2. The molecule has 0 saturated carbocycles. The number of amides is 1. The van der Waals surface area contributed by atoms with Gasteiger partial charge in [0.25, 0.3) is 0 Å². The lowest BCUT2D eigenvalue weighted by Gasteiger charge is -2.20. The van der Waals surface area contributed by atoms with Gasteiger partial charge in [0.05, 0.1) is 24.8 Å². The van der Waals surface area contributed by atoms with Gasteiger partial charge in [0.15, 0.2) is 0 Å². The fourth-order valence-corrected chi connectivity index (χ4v) is 3.85. The number of rotatable bonds is 6. The molecule has 1 aromatic carbocycles. The maximum Gasteiger partial charge on any atom is 0.305 e. The first-order valence-corrected chi connectivity index (χ1v) is 8.53. The van der Waals surface area contributed by atoms with Crippen LogP contribution in [-0.2, 0) is 19.6 Å². The Labute approximate surface area is 129 Å². The Bertz CT molecular complexity index is 644. The summed E-state index contributed by atoms with van der Waals surface area (Å²) in [4.78, 5) is 23.0. The van der Waals surface area contributed by atoms with Gasteiger partial charge in [0, 0.05) is 6.54 Å². The van der Waals surface area contributed by atoms with Crippen molar-refractivity contribution in [1.82, 2.24) is 9.62 Å². The highest BCUT2D eigenvalue weighted by Gasteiger charge is 2.30. The number of sulfonamides is 1. The number of carboxylic acids is 1. The molecule has 0 bridgehead atoms. The van der Waals surface area contributed by atoms with Crippen molar-refractivity contribution < 1.29 is 23.1 Å². The van der Waals surface area contributed by atoms with E-state index in [0.717, 1.165) is 4.31 Å². The molecule has 0 aliphatic carbocycles. The second kappa shape index (κ2) is 6.89. The smallest absolute Gasteiger partial charge is 0.305 e. The third-order valence-electron chi connectivity index (χ3n) is 3.44. The number of nitrogens with one attached hydrogen (secondary N) is 1. The third kappa shape index (κ3) is 4.28. The maximum atomic E-state index is 12.0. The lowest BCUT2D eigenvalue weighted by molar-refractivity contribution is -0.137. The van der Waals surface area contributed by atoms with Crippen LogP contribution in [-0.4, -0.2) is 48.5 Å². The second-order valence-electron chi connectivity index (χ2n) is 5.13. The molecule has 120 valence electrons. The van der Waals surface area contributed by atoms with Crippen LogP contribution in [0, 0.1) is 0 Å². The van der Waals surface area contributed by atoms with Crippen LogP contribution < -0.4 is 5.32 Å². The number of hydrogen-bond acceptors (Lipinski definition) is 4. The monoisotopic (exact) mass is 326 g/mol. The van der Waals surface area contributed by atoms with Crippen molar-refractivity contribution >= 4 is 21.9 Å². The zero-order valence-corrected chi connectivity index (χ0v) is 12.8. The minimum atomic E-state index is -3.35. The van der Waals surface area contributed by atoms with Crippen LogP contribution >= 0.6 is 0 Å². The summed E-state index contributed by atoms with van der Waals surface area (Å²) < 4.78 is 24.5. The molecule has 1 aromatic rings. The predicted molar refractivity (Wildman–Crippen MR) is 79.6 cm³/mol. The average Bonchev–Trinajstić information content (AvgIpc) is 2.77. The zero-order valence-electron chi connectivity index (χ0n) is 11.9. The summed E-state index contributed by atoms with van der Waals surface area (Å²) in [5.41, 5.74) is 0.669. The molecule has 1 amide bonds. The van der Waals surface area contributed by atoms with Crippen LogP contribution in [0.15, 0.2) is 30.3 Å². The molecule has 8 heteroatoms. The molecule has 1 fully saturated rings. The fourth-order valence-electron chi connectivity index (χ4n) is 2.38. The summed E-state index contributed by atoms with van der Waals surface area (Å²) in [5, 5.41) is 11.6. The van der Waals surface area contributed by atoms with Gasteiger partial charge in [0.2, 0.25) is 15.9 Å². The van der Waals surface area contributed by atoms with Gasteiger partial charge >= 0.3 is 5.97 Å². The summed E-state index contributed by atoms with van der Waals surface area (Å²) in [6, 6.07) is 8.06. The highest BCUT2D eigenvalue weighted by molar-refractivity contribution is 7.89. The van der Waals surface area contributed by atoms with E-state index in [-0.39, 0.29) is 18.7 Å². The van der Waals surface area contributed by atoms with Crippen LogP contribution in [0.4, 0.5) is 0 Å². The molecule has 0 spiro atoms. The number of hydrogen-bond donors (Lipinski definition) is 2. The summed E-state index contributed by atoms with van der Waals surface area (Å²) in [7, 11) is -3.35. The number of carbonyl (C=O) groups excluding carboxylic acids is 1. The van der Waals surface area contributed by atoms with Crippen molar-refractivity contribution in [3.05, 3.63) is 35.9 Å². The molecule has 1 saturated heterocycles. The largest absolute Gasteiger partial charge is 0.481 e. The molecule has 7 nitrogen and oxygen atoms in total. The molecule has 1 atom stereocenters. The quantitative estimate of drug-likeness (QED) is 0.785. The number of benzene rings is 1. The van der Waals surface area contributed by atoms with Crippen LogP contribution in [0.2, 0.25) is 0 Å². The van der Waals surface area contributed by atoms with Gasteiger partial charge in [0.1, 0.15) is 0 Å². The van der Waals surface area contributed by atoms with E-state index < -0.39 is 27.9 Å². The van der Waals surface area contributed by atoms with Crippen molar-refractivity contribution in [2.24, 2.45) is 0 Å². The van der Waals surface area contributed by atoms with Gasteiger partial charge in [-0.2, -0.15) is 4.31 Å². The van der Waals surface area contributed by atoms with Crippen molar-refractivity contribution in [1.29, 1.82) is 0 Å². The topological polar surface area (TPSA) is 104 Å². The van der Waals surface area contributed by atoms with Crippen LogP contribution in [0.1, 0.15) is 24.4 Å². The van der Waals surface area contributed by atoms with Gasteiger partial charge in [-0.05, 0) is 12.0 Å². The standard InChI is InChI=1S/C14H18N2O5S/c17-13(10-16-7-4-8-22(16,20)21)15-12(9-14(18)19)11-5-2-1-3-6-11/h1-3,5-6,12H,4,7-10H2,(H,15,17)(H,18,19). The van der Waals surface area contributed by atoms with E-state index in [4.69, 9.17) is 5.11 Å². The Kier molecular flexibility index (Phi) is 5.15. The normalized spacial score (nSPS) is 18.7. The molecule has 1 aliphatic heterocycles. The van der Waals surface area contributed by atoms with E-state index in [9.17, 15) is 18.0 Å². The van der Waals surface area contributed by atoms with E-state index >= 15 is 0 Å². The van der Waals surface area contributed by atoms with E-state index in [0.29, 0.717) is 18.5 Å². The third-order valence-corrected chi connectivity index (χ3v) is 5.34. The first-order valence-electron chi connectivity index (χ1n) is 6.92. The lowest BCUT2D eigenvalue weighted by atomic mass is 10.0. The molecular formula is C14H18N2O5S. The Morgan fingerprint density at radius 2 is 1.95 bits per heavy atom. The SMILES string of the molecule is O=C(O)CC(NC(=O)CN1CCCS1(=O)=O)c1ccccc1. The summed E-state index contributed by atoms with van der Waals surface area (Å²) >= 11 is 0. The number of aliphatic carboxylic acids is 1. The first-order chi connectivity index (χ1) is 10.4. The van der Waals surface area contributed by atoms with E-state index in [2.05, 4.69) is 5.32 Å². The zero-order chi connectivity index (χ0) is 16.2. The van der Waals surface area contributed by atoms with Gasteiger partial charge in [-0.3, -0.25) is 9.59 Å². The lowest BCUT2D eigenvalue weighted by Crippen LogP contribution is -2.40. The minimum absolute atomic E-state index is 0.0531. The molecule has 0 radical (unpaired) electrons. The number of carboxylic acid groups (broad SMARTS) is 1. The highest BCUT2D eigenvalue weighted by Crippen LogP contribution is 2.17. The molecular weight excluding hydrogens is 308 g/mol. The molecule has 0 aromatic heterocycles. The predicted octanol–water partition coefficient (Wildman–Crippen LogP) is 0.354. The second-order valence-corrected chi connectivity index (χ2v) is 7.22. The van der Waals surface area contributed by atoms with Crippen molar-refractivity contribution in [3.63, 3.8) is 0 Å². The molecule has 1 unspecified atom stereocenters. The summed E-state index contributed by atoms with van der Waals surface area (Å²) in [6.07, 6.45) is 0.245. The minimum Gasteiger partial charge on any atom is -0.481 e. The molecule has 2 N–H and O–H groups in total. The van der Waals surface area contributed by atoms with Gasteiger partial charge in [-0.1, -0.05) is 30.3 Å². The molecule has 1 heterocycles. The number of nitrogens with zero attached hydrogens (tertiary/aromatic N) is 1. The first kappa shape index (κ1) is 16.4. The Morgan fingerprint density at radius 3 is 2.50 bits per heavy atom.